The molecular weight excluding hydrogens is 451 g/mol. The van der Waals surface area contributed by atoms with Crippen LogP contribution in [0.3, 0.4) is 0 Å². The molecular formula is C14H14BrIN2O3. The van der Waals surface area contributed by atoms with Gasteiger partial charge in [0, 0.05) is 14.5 Å². The minimum absolute atomic E-state index is 0.0532. The highest BCUT2D eigenvalue weighted by Gasteiger charge is 2.25. The van der Waals surface area contributed by atoms with Gasteiger partial charge in [0.15, 0.2) is 0 Å². The maximum absolute atomic E-state index is 10.8. The van der Waals surface area contributed by atoms with Gasteiger partial charge < -0.3 is 9.52 Å². The Balaban J connectivity index is 2.22. The molecule has 0 atom stereocenters. The van der Waals surface area contributed by atoms with Gasteiger partial charge in [-0.25, -0.2) is 0 Å². The van der Waals surface area contributed by atoms with E-state index < -0.39 is 11.4 Å². The van der Waals surface area contributed by atoms with Gasteiger partial charge in [-0.05, 0) is 62.1 Å². The monoisotopic (exact) mass is 464 g/mol. The van der Waals surface area contributed by atoms with Crippen LogP contribution < -0.4 is 0 Å². The van der Waals surface area contributed by atoms with E-state index in [1.54, 1.807) is 0 Å². The van der Waals surface area contributed by atoms with E-state index in [9.17, 15) is 4.79 Å². The summed E-state index contributed by atoms with van der Waals surface area (Å²) in [4.78, 5) is 10.8. The fraction of sp³-hybridized carbons (Fsp3) is 0.357. The lowest BCUT2D eigenvalue weighted by Gasteiger charge is -2.19. The molecule has 0 radical (unpaired) electrons. The fourth-order valence-corrected chi connectivity index (χ4v) is 2.88. The van der Waals surface area contributed by atoms with Crippen LogP contribution in [0.2, 0.25) is 0 Å². The van der Waals surface area contributed by atoms with Crippen molar-refractivity contribution < 1.29 is 14.3 Å². The topological polar surface area (TPSA) is 76.2 Å². The molecule has 0 saturated carbocycles. The van der Waals surface area contributed by atoms with E-state index in [1.807, 2.05) is 32.0 Å². The van der Waals surface area contributed by atoms with E-state index in [2.05, 4.69) is 48.7 Å². The first-order chi connectivity index (χ1) is 9.77. The summed E-state index contributed by atoms with van der Waals surface area (Å²) in [7, 11) is 0. The predicted molar refractivity (Wildman–Crippen MR) is 89.9 cm³/mol. The molecule has 0 bridgehead atoms. The third-order valence-electron chi connectivity index (χ3n) is 2.89. The number of carboxylic acid groups (broad SMARTS) is 1. The molecule has 1 aromatic heterocycles. The van der Waals surface area contributed by atoms with Crippen molar-refractivity contribution in [3.05, 3.63) is 32.1 Å². The van der Waals surface area contributed by atoms with E-state index in [0.29, 0.717) is 18.2 Å². The van der Waals surface area contributed by atoms with Crippen molar-refractivity contribution in [2.24, 2.45) is 5.41 Å². The molecule has 1 N–H and O–H groups in total. The highest BCUT2D eigenvalue weighted by atomic mass is 127. The van der Waals surface area contributed by atoms with Crippen molar-refractivity contribution in [1.29, 1.82) is 0 Å². The average Bonchev–Trinajstić information content (AvgIpc) is 2.78. The molecule has 21 heavy (non-hydrogen) atoms. The molecule has 0 unspecified atom stereocenters. The molecule has 0 amide bonds. The molecule has 0 spiro atoms. The highest BCUT2D eigenvalue weighted by molar-refractivity contribution is 14.1. The molecule has 0 fully saturated rings. The number of aromatic nitrogens is 2. The number of carbonyl (C=O) groups is 1. The van der Waals surface area contributed by atoms with E-state index >= 15 is 0 Å². The Morgan fingerprint density at radius 1 is 1.43 bits per heavy atom. The third kappa shape index (κ3) is 4.50. The summed E-state index contributed by atoms with van der Waals surface area (Å²) in [6.07, 6.45) is 0.478. The number of hydrogen-bond acceptors (Lipinski definition) is 4. The number of halogens is 2. The van der Waals surface area contributed by atoms with Crippen molar-refractivity contribution in [2.75, 3.05) is 0 Å². The Hall–Kier alpha value is -0.960. The lowest BCUT2D eigenvalue weighted by molar-refractivity contribution is -0.139. The van der Waals surface area contributed by atoms with Crippen LogP contribution in [0.5, 0.6) is 0 Å². The molecule has 1 heterocycles. The van der Waals surface area contributed by atoms with Gasteiger partial charge in [0.1, 0.15) is 0 Å². The van der Waals surface area contributed by atoms with Gasteiger partial charge in [-0.1, -0.05) is 13.8 Å². The average molecular weight is 465 g/mol. The maximum atomic E-state index is 10.8. The summed E-state index contributed by atoms with van der Waals surface area (Å²) >= 11 is 5.68. The number of hydrogen-bond donors (Lipinski definition) is 1. The zero-order valence-electron chi connectivity index (χ0n) is 11.6. The zero-order valence-corrected chi connectivity index (χ0v) is 15.3. The van der Waals surface area contributed by atoms with Crippen LogP contribution in [-0.4, -0.2) is 21.3 Å². The first-order valence-electron chi connectivity index (χ1n) is 6.26. The summed E-state index contributed by atoms with van der Waals surface area (Å²) < 4.78 is 7.62. The van der Waals surface area contributed by atoms with Crippen LogP contribution in [0.25, 0.3) is 11.5 Å². The second-order valence-electron chi connectivity index (χ2n) is 5.54. The van der Waals surface area contributed by atoms with Crippen LogP contribution in [0, 0.1) is 8.99 Å². The summed E-state index contributed by atoms with van der Waals surface area (Å²) in [5, 5.41) is 17.0. The normalized spacial score (nSPS) is 11.6. The van der Waals surface area contributed by atoms with Crippen molar-refractivity contribution in [3.8, 4) is 11.5 Å². The molecule has 2 rings (SSSR count). The van der Waals surface area contributed by atoms with Crippen molar-refractivity contribution in [2.45, 2.75) is 26.7 Å². The number of rotatable bonds is 5. The van der Waals surface area contributed by atoms with E-state index in [1.165, 1.54) is 0 Å². The third-order valence-corrected chi connectivity index (χ3v) is 4.25. The number of aliphatic carboxylic acids is 1. The first kappa shape index (κ1) is 16.4. The Kier molecular flexibility index (Phi) is 5.03. The SMILES string of the molecule is CC(C)(CC(=O)O)Cc1nnc(-c2cc(I)ccc2Br)o1. The highest BCUT2D eigenvalue weighted by Crippen LogP contribution is 2.31. The molecule has 5 nitrogen and oxygen atoms in total. The lowest BCUT2D eigenvalue weighted by Crippen LogP contribution is -2.19. The molecule has 0 aliphatic carbocycles. The number of carboxylic acids is 1. The summed E-state index contributed by atoms with van der Waals surface area (Å²) in [5.41, 5.74) is 0.398. The van der Waals surface area contributed by atoms with E-state index in [0.717, 1.165) is 13.6 Å². The standard InChI is InChI=1S/C14H14BrIN2O3/c1-14(2,7-12(19)20)6-11-17-18-13(21-11)9-5-8(16)3-4-10(9)15/h3-5H,6-7H2,1-2H3,(H,19,20). The van der Waals surface area contributed by atoms with Crippen molar-refractivity contribution in [3.63, 3.8) is 0 Å². The van der Waals surface area contributed by atoms with Crippen LogP contribution in [0.1, 0.15) is 26.2 Å². The van der Waals surface area contributed by atoms with Crippen LogP contribution in [-0.2, 0) is 11.2 Å². The van der Waals surface area contributed by atoms with E-state index in [4.69, 9.17) is 9.52 Å². The van der Waals surface area contributed by atoms with Crippen LogP contribution >= 0.6 is 38.5 Å². The fourth-order valence-electron chi connectivity index (χ4n) is 1.98. The van der Waals surface area contributed by atoms with Gasteiger partial charge in [0.25, 0.3) is 0 Å². The van der Waals surface area contributed by atoms with Gasteiger partial charge in [0.05, 0.1) is 12.0 Å². The Labute approximate surface area is 144 Å². The number of nitrogens with zero attached hydrogens (tertiary/aromatic N) is 2. The smallest absolute Gasteiger partial charge is 0.303 e. The van der Waals surface area contributed by atoms with E-state index in [-0.39, 0.29) is 6.42 Å². The van der Waals surface area contributed by atoms with Crippen LogP contribution in [0.15, 0.2) is 27.1 Å². The van der Waals surface area contributed by atoms with Gasteiger partial charge in [-0.2, -0.15) is 0 Å². The maximum Gasteiger partial charge on any atom is 0.303 e. The molecule has 7 heteroatoms. The minimum atomic E-state index is -0.833. The van der Waals surface area contributed by atoms with Crippen molar-refractivity contribution in [1.82, 2.24) is 10.2 Å². The van der Waals surface area contributed by atoms with Gasteiger partial charge in [-0.15, -0.1) is 10.2 Å². The summed E-state index contributed by atoms with van der Waals surface area (Å²) in [6.45, 7) is 3.73. The van der Waals surface area contributed by atoms with Gasteiger partial charge in [0.2, 0.25) is 11.8 Å². The minimum Gasteiger partial charge on any atom is -0.481 e. The second kappa shape index (κ2) is 6.43. The molecule has 0 aliphatic rings. The van der Waals surface area contributed by atoms with Gasteiger partial charge in [-0.3, -0.25) is 4.79 Å². The number of benzene rings is 1. The summed E-state index contributed by atoms with van der Waals surface area (Å²) in [6, 6.07) is 5.85. The second-order valence-corrected chi connectivity index (χ2v) is 7.64. The van der Waals surface area contributed by atoms with Crippen molar-refractivity contribution >= 4 is 44.5 Å². The summed E-state index contributed by atoms with van der Waals surface area (Å²) in [5.74, 6) is 0.0450. The Bertz CT molecular complexity index is 670. The predicted octanol–water partition coefficient (Wildman–Crippen LogP) is 4.15. The molecule has 112 valence electrons. The Morgan fingerprint density at radius 3 is 2.81 bits per heavy atom. The molecule has 2 aromatic rings. The molecule has 0 saturated heterocycles. The van der Waals surface area contributed by atoms with Crippen LogP contribution in [0.4, 0.5) is 0 Å². The molecule has 1 aromatic carbocycles. The van der Waals surface area contributed by atoms with Gasteiger partial charge >= 0.3 is 5.97 Å². The lowest BCUT2D eigenvalue weighted by atomic mass is 9.86. The molecule has 0 aliphatic heterocycles. The Morgan fingerprint density at radius 2 is 2.14 bits per heavy atom. The quantitative estimate of drug-likeness (QED) is 0.672. The largest absolute Gasteiger partial charge is 0.481 e. The first-order valence-corrected chi connectivity index (χ1v) is 8.14. The zero-order chi connectivity index (χ0) is 15.6.